The smallest absolute Gasteiger partial charge is 0.0701 e. The van der Waals surface area contributed by atoms with Crippen LogP contribution < -0.4 is 5.32 Å². The molecule has 0 bridgehead atoms. The van der Waals surface area contributed by atoms with Crippen LogP contribution in [0, 0.1) is 11.8 Å². The van der Waals surface area contributed by atoms with Crippen LogP contribution in [0.1, 0.15) is 38.5 Å². The van der Waals surface area contributed by atoms with Crippen molar-refractivity contribution in [1.29, 1.82) is 0 Å². The van der Waals surface area contributed by atoms with Gasteiger partial charge in [0, 0.05) is 10.4 Å². The maximum absolute atomic E-state index is 3.64. The zero-order chi connectivity index (χ0) is 12.5. The van der Waals surface area contributed by atoms with Gasteiger partial charge in [-0.25, -0.2) is 0 Å². The van der Waals surface area contributed by atoms with Gasteiger partial charge in [-0.15, -0.1) is 11.3 Å². The molecule has 0 aliphatic heterocycles. The van der Waals surface area contributed by atoms with E-state index in [0.29, 0.717) is 0 Å². The first-order valence-electron chi connectivity index (χ1n) is 6.43. The van der Waals surface area contributed by atoms with Crippen LogP contribution in [0.5, 0.6) is 0 Å². The molecule has 2 atom stereocenters. The van der Waals surface area contributed by atoms with Gasteiger partial charge in [0.25, 0.3) is 0 Å². The minimum Gasteiger partial charge on any atom is -0.312 e. The van der Waals surface area contributed by atoms with Gasteiger partial charge in [0.2, 0.25) is 0 Å². The maximum Gasteiger partial charge on any atom is 0.0701 e. The molecule has 1 aromatic rings. The Balaban J connectivity index is 1.79. The number of halogens is 1. The van der Waals surface area contributed by atoms with E-state index < -0.39 is 0 Å². The average Bonchev–Trinajstić information content (AvgIpc) is 2.57. The van der Waals surface area contributed by atoms with Crippen molar-refractivity contribution in [3.05, 3.63) is 20.8 Å². The molecular formula is C14H22BrNS. The van der Waals surface area contributed by atoms with Crippen LogP contribution in [0.25, 0.3) is 0 Å². The summed E-state index contributed by atoms with van der Waals surface area (Å²) in [5.41, 5.74) is 0.256. The molecule has 1 aliphatic rings. The highest BCUT2D eigenvalue weighted by Gasteiger charge is 2.31. The molecule has 0 aromatic carbocycles. The summed E-state index contributed by atoms with van der Waals surface area (Å²) < 4.78 is 1.26. The lowest BCUT2D eigenvalue weighted by Gasteiger charge is -2.38. The van der Waals surface area contributed by atoms with Crippen molar-refractivity contribution in [2.24, 2.45) is 11.8 Å². The van der Waals surface area contributed by atoms with E-state index in [2.05, 4.69) is 54.2 Å². The van der Waals surface area contributed by atoms with Crippen LogP contribution in [0.3, 0.4) is 0 Å². The first kappa shape index (κ1) is 13.6. The average molecular weight is 316 g/mol. The van der Waals surface area contributed by atoms with E-state index >= 15 is 0 Å². The largest absolute Gasteiger partial charge is 0.312 e. The van der Waals surface area contributed by atoms with E-state index in [1.807, 2.05) is 11.3 Å². The van der Waals surface area contributed by atoms with Gasteiger partial charge in [-0.1, -0.05) is 0 Å². The molecule has 1 heterocycles. The van der Waals surface area contributed by atoms with Crippen molar-refractivity contribution in [1.82, 2.24) is 5.32 Å². The van der Waals surface area contributed by atoms with Gasteiger partial charge in [0.05, 0.1) is 3.79 Å². The van der Waals surface area contributed by atoms with Gasteiger partial charge in [-0.05, 0) is 86.5 Å². The number of thiophene rings is 1. The van der Waals surface area contributed by atoms with Gasteiger partial charge in [-0.2, -0.15) is 0 Å². The summed E-state index contributed by atoms with van der Waals surface area (Å²) in [5.74, 6) is 1.78. The number of rotatable bonds is 4. The maximum atomic E-state index is 3.64. The SMILES string of the molecule is CC(C)(C)NCC1CCC1Cc1ccc(Br)s1. The number of hydrogen-bond acceptors (Lipinski definition) is 2. The highest BCUT2D eigenvalue weighted by molar-refractivity contribution is 9.11. The zero-order valence-electron chi connectivity index (χ0n) is 10.9. The second-order valence-electron chi connectivity index (χ2n) is 6.14. The standard InChI is InChI=1S/C14H22BrNS/c1-14(2,3)16-9-11-5-4-10(11)8-12-6-7-13(15)17-12/h6-7,10-11,16H,4-5,8-9H2,1-3H3. The van der Waals surface area contributed by atoms with Crippen LogP contribution in [0.15, 0.2) is 15.9 Å². The lowest BCUT2D eigenvalue weighted by molar-refractivity contribution is 0.160. The summed E-state index contributed by atoms with van der Waals surface area (Å²) >= 11 is 5.43. The topological polar surface area (TPSA) is 12.0 Å². The van der Waals surface area contributed by atoms with Crippen molar-refractivity contribution in [3.8, 4) is 0 Å². The third-order valence-electron chi connectivity index (χ3n) is 3.56. The minimum atomic E-state index is 0.256. The monoisotopic (exact) mass is 315 g/mol. The van der Waals surface area contributed by atoms with Gasteiger partial charge in [-0.3, -0.25) is 0 Å². The second-order valence-corrected chi connectivity index (χ2v) is 8.69. The molecule has 0 amide bonds. The Morgan fingerprint density at radius 1 is 1.29 bits per heavy atom. The first-order chi connectivity index (χ1) is 7.94. The minimum absolute atomic E-state index is 0.256. The zero-order valence-corrected chi connectivity index (χ0v) is 13.3. The molecule has 1 saturated carbocycles. The van der Waals surface area contributed by atoms with Gasteiger partial charge in [0.15, 0.2) is 0 Å². The molecule has 17 heavy (non-hydrogen) atoms. The summed E-state index contributed by atoms with van der Waals surface area (Å²) in [5, 5.41) is 3.64. The van der Waals surface area contributed by atoms with Crippen molar-refractivity contribution in [2.75, 3.05) is 6.54 Å². The van der Waals surface area contributed by atoms with Gasteiger partial charge < -0.3 is 5.32 Å². The Morgan fingerprint density at radius 3 is 2.47 bits per heavy atom. The molecule has 0 spiro atoms. The molecule has 96 valence electrons. The first-order valence-corrected chi connectivity index (χ1v) is 8.04. The highest BCUT2D eigenvalue weighted by atomic mass is 79.9. The summed E-state index contributed by atoms with van der Waals surface area (Å²) in [4.78, 5) is 1.53. The Bertz CT molecular complexity index is 367. The molecule has 1 aliphatic carbocycles. The van der Waals surface area contributed by atoms with E-state index in [1.54, 1.807) is 0 Å². The quantitative estimate of drug-likeness (QED) is 0.864. The molecule has 2 rings (SSSR count). The van der Waals surface area contributed by atoms with Crippen molar-refractivity contribution in [2.45, 2.75) is 45.6 Å². The molecule has 1 aromatic heterocycles. The fraction of sp³-hybridized carbons (Fsp3) is 0.714. The molecule has 1 fully saturated rings. The van der Waals surface area contributed by atoms with Crippen LogP contribution >= 0.6 is 27.3 Å². The normalized spacial score (nSPS) is 24.7. The summed E-state index contributed by atoms with van der Waals surface area (Å²) in [7, 11) is 0. The lowest BCUT2D eigenvalue weighted by Crippen LogP contribution is -2.44. The summed E-state index contributed by atoms with van der Waals surface area (Å²) in [6.07, 6.45) is 4.08. The number of hydrogen-bond donors (Lipinski definition) is 1. The van der Waals surface area contributed by atoms with Crippen LogP contribution in [-0.4, -0.2) is 12.1 Å². The van der Waals surface area contributed by atoms with E-state index in [1.165, 1.54) is 34.5 Å². The highest BCUT2D eigenvalue weighted by Crippen LogP contribution is 2.38. The second kappa shape index (κ2) is 5.41. The van der Waals surface area contributed by atoms with E-state index in [0.717, 1.165) is 11.8 Å². The van der Waals surface area contributed by atoms with Crippen LogP contribution in [0.2, 0.25) is 0 Å². The van der Waals surface area contributed by atoms with Gasteiger partial charge >= 0.3 is 0 Å². The third-order valence-corrected chi connectivity index (χ3v) is 5.21. The Hall–Kier alpha value is 0.140. The van der Waals surface area contributed by atoms with Crippen LogP contribution in [0.4, 0.5) is 0 Å². The van der Waals surface area contributed by atoms with Crippen molar-refractivity contribution < 1.29 is 0 Å². The predicted octanol–water partition coefficient (Wildman–Crippen LogP) is 4.47. The lowest BCUT2D eigenvalue weighted by atomic mass is 9.71. The molecule has 0 radical (unpaired) electrons. The van der Waals surface area contributed by atoms with E-state index in [4.69, 9.17) is 0 Å². The Kier molecular flexibility index (Phi) is 4.32. The number of nitrogens with one attached hydrogen (secondary N) is 1. The third kappa shape index (κ3) is 4.08. The molecule has 1 N–H and O–H groups in total. The summed E-state index contributed by atoms with van der Waals surface area (Å²) in [6.45, 7) is 7.92. The Labute approximate surface area is 117 Å². The van der Waals surface area contributed by atoms with E-state index in [-0.39, 0.29) is 5.54 Å². The molecule has 2 unspecified atom stereocenters. The van der Waals surface area contributed by atoms with Crippen molar-refractivity contribution >= 4 is 27.3 Å². The molecule has 0 saturated heterocycles. The van der Waals surface area contributed by atoms with Crippen molar-refractivity contribution in [3.63, 3.8) is 0 Å². The fourth-order valence-electron chi connectivity index (χ4n) is 2.33. The molecule has 3 heteroatoms. The Morgan fingerprint density at radius 2 is 2.00 bits per heavy atom. The molecule has 1 nitrogen and oxygen atoms in total. The fourth-order valence-corrected chi connectivity index (χ4v) is 3.91. The van der Waals surface area contributed by atoms with Gasteiger partial charge in [0.1, 0.15) is 0 Å². The summed E-state index contributed by atoms with van der Waals surface area (Å²) in [6, 6.07) is 4.43. The van der Waals surface area contributed by atoms with E-state index in [9.17, 15) is 0 Å². The molecular weight excluding hydrogens is 294 g/mol. The predicted molar refractivity (Wildman–Crippen MR) is 79.7 cm³/mol. The van der Waals surface area contributed by atoms with Crippen LogP contribution in [-0.2, 0) is 6.42 Å².